The number of nitrogens with zero attached hydrogens (tertiary/aromatic N) is 2. The summed E-state index contributed by atoms with van der Waals surface area (Å²) in [7, 11) is 1.40. The highest BCUT2D eigenvalue weighted by molar-refractivity contribution is 6.61. The monoisotopic (exact) mass is 249 g/mol. The van der Waals surface area contributed by atoms with Crippen LogP contribution in [0, 0.1) is 5.41 Å². The van der Waals surface area contributed by atoms with E-state index in [2.05, 4.69) is 43.0 Å². The summed E-state index contributed by atoms with van der Waals surface area (Å²) in [5, 5.41) is 2.88. The van der Waals surface area contributed by atoms with Crippen LogP contribution in [0.2, 0.25) is 0 Å². The molecule has 1 N–H and O–H groups in total. The molecule has 0 aliphatic carbocycles. The first kappa shape index (κ1) is 13.3. The van der Waals surface area contributed by atoms with Gasteiger partial charge in [0.1, 0.15) is 0 Å². The minimum atomic E-state index is -0.390. The predicted octanol–water partition coefficient (Wildman–Crippen LogP) is 1.07. The molecule has 0 spiro atoms. The van der Waals surface area contributed by atoms with Crippen molar-refractivity contribution >= 4 is 18.5 Å². The molecular formula is C12H20BN3O2. The Balaban J connectivity index is 2.16. The third-order valence-electron chi connectivity index (χ3n) is 3.79. The highest BCUT2D eigenvalue weighted by Crippen LogP contribution is 2.37. The molecule has 1 aliphatic heterocycles. The van der Waals surface area contributed by atoms with Crippen LogP contribution in [-0.4, -0.2) is 36.3 Å². The first-order valence-electron chi connectivity index (χ1n) is 6.15. The molecule has 1 fully saturated rings. The molecule has 98 valence electrons. The van der Waals surface area contributed by atoms with E-state index < -0.39 is 0 Å². The maximum absolute atomic E-state index is 6.03. The van der Waals surface area contributed by atoms with E-state index in [4.69, 9.17) is 9.31 Å². The van der Waals surface area contributed by atoms with Crippen LogP contribution < -0.4 is 10.8 Å². The lowest BCUT2D eigenvalue weighted by atomic mass is 9.70. The largest absolute Gasteiger partial charge is 0.497 e. The van der Waals surface area contributed by atoms with E-state index in [1.165, 1.54) is 0 Å². The third-order valence-corrected chi connectivity index (χ3v) is 3.79. The summed E-state index contributed by atoms with van der Waals surface area (Å²) in [5.41, 5.74) is 0.574. The average molecular weight is 249 g/mol. The zero-order chi connectivity index (χ0) is 13.4. The fourth-order valence-corrected chi connectivity index (χ4v) is 1.67. The maximum atomic E-state index is 6.03. The van der Waals surface area contributed by atoms with Crippen molar-refractivity contribution in [2.45, 2.75) is 33.3 Å². The second kappa shape index (κ2) is 4.51. The lowest BCUT2D eigenvalue weighted by Crippen LogP contribution is -2.58. The Morgan fingerprint density at radius 3 is 2.33 bits per heavy atom. The summed E-state index contributed by atoms with van der Waals surface area (Å²) in [4.78, 5) is 8.35. The first-order valence-corrected chi connectivity index (χ1v) is 6.15. The average Bonchev–Trinajstić information content (AvgIpc) is 2.33. The predicted molar refractivity (Wildman–Crippen MR) is 71.9 cm³/mol. The molecule has 2 heterocycles. The Kier molecular flexibility index (Phi) is 3.34. The Bertz CT molecular complexity index is 420. The fraction of sp³-hybridized carbons (Fsp3) is 0.667. The lowest BCUT2D eigenvalue weighted by molar-refractivity contribution is -0.0937. The van der Waals surface area contributed by atoms with Crippen LogP contribution in [0.5, 0.6) is 0 Å². The molecular weight excluding hydrogens is 229 g/mol. The maximum Gasteiger partial charge on any atom is 0.497 e. The molecule has 0 aromatic carbocycles. The second-order valence-electron chi connectivity index (χ2n) is 5.74. The summed E-state index contributed by atoms with van der Waals surface area (Å²) < 4.78 is 11.8. The second-order valence-corrected chi connectivity index (χ2v) is 5.74. The van der Waals surface area contributed by atoms with Crippen molar-refractivity contribution in [2.75, 3.05) is 19.0 Å². The number of nitrogens with one attached hydrogen (secondary N) is 1. The van der Waals surface area contributed by atoms with E-state index in [0.717, 1.165) is 5.46 Å². The van der Waals surface area contributed by atoms with Crippen LogP contribution in [0.4, 0.5) is 5.95 Å². The van der Waals surface area contributed by atoms with E-state index in [1.54, 1.807) is 19.4 Å². The molecule has 0 bridgehead atoms. The van der Waals surface area contributed by atoms with Crippen LogP contribution in [0.25, 0.3) is 0 Å². The fourth-order valence-electron chi connectivity index (χ4n) is 1.67. The van der Waals surface area contributed by atoms with Gasteiger partial charge in [-0.3, -0.25) is 0 Å². The Labute approximate surface area is 108 Å². The van der Waals surface area contributed by atoms with Crippen LogP contribution >= 0.6 is 0 Å². The minimum absolute atomic E-state index is 0.0186. The van der Waals surface area contributed by atoms with Crippen molar-refractivity contribution in [1.82, 2.24) is 9.97 Å². The van der Waals surface area contributed by atoms with E-state index >= 15 is 0 Å². The van der Waals surface area contributed by atoms with Gasteiger partial charge in [-0.1, -0.05) is 13.8 Å². The summed E-state index contributed by atoms with van der Waals surface area (Å²) >= 11 is 0. The summed E-state index contributed by atoms with van der Waals surface area (Å²) in [6.07, 6.45) is 3.47. The molecule has 18 heavy (non-hydrogen) atoms. The Hall–Kier alpha value is -1.14. The van der Waals surface area contributed by atoms with Gasteiger partial charge in [0.15, 0.2) is 0 Å². The van der Waals surface area contributed by atoms with Crippen molar-refractivity contribution < 1.29 is 9.31 Å². The molecule has 1 aromatic heterocycles. The molecule has 0 saturated carbocycles. The smallest absolute Gasteiger partial charge is 0.407 e. The van der Waals surface area contributed by atoms with E-state index in [1.807, 2.05) is 0 Å². The van der Waals surface area contributed by atoms with Crippen molar-refractivity contribution in [3.63, 3.8) is 0 Å². The first-order chi connectivity index (χ1) is 8.36. The molecule has 1 saturated heterocycles. The quantitative estimate of drug-likeness (QED) is 0.794. The number of aromatic nitrogens is 2. The van der Waals surface area contributed by atoms with Gasteiger partial charge in [0, 0.05) is 36.9 Å². The highest BCUT2D eigenvalue weighted by atomic mass is 16.6. The summed E-state index contributed by atoms with van der Waals surface area (Å²) in [5.74, 6) is 0.592. The standard InChI is InChI=1S/C12H20BN3O2/c1-11(2)8-17-13(18-12(11,3)4)9-6-15-10(14-5)16-7-9/h6-7H,8H2,1-5H3,(H,14,15,16). The minimum Gasteiger partial charge on any atom is -0.407 e. The van der Waals surface area contributed by atoms with Gasteiger partial charge in [-0.05, 0) is 13.8 Å². The van der Waals surface area contributed by atoms with Crippen molar-refractivity contribution in [3.8, 4) is 0 Å². The Morgan fingerprint density at radius 1 is 1.22 bits per heavy atom. The Morgan fingerprint density at radius 2 is 1.83 bits per heavy atom. The van der Waals surface area contributed by atoms with Gasteiger partial charge in [0.05, 0.1) is 5.60 Å². The topological polar surface area (TPSA) is 56.3 Å². The van der Waals surface area contributed by atoms with Crippen LogP contribution in [-0.2, 0) is 9.31 Å². The SMILES string of the molecule is CNc1ncc(B2OCC(C)(C)C(C)(C)O2)cn1. The van der Waals surface area contributed by atoms with Crippen LogP contribution in [0.15, 0.2) is 12.4 Å². The molecule has 0 atom stereocenters. The molecule has 2 rings (SSSR count). The van der Waals surface area contributed by atoms with Gasteiger partial charge in [-0.25, -0.2) is 9.97 Å². The molecule has 0 unspecified atom stereocenters. The normalized spacial score (nSPS) is 21.7. The number of anilines is 1. The van der Waals surface area contributed by atoms with E-state index in [0.29, 0.717) is 12.6 Å². The summed E-state index contributed by atoms with van der Waals surface area (Å²) in [6, 6.07) is 0. The van der Waals surface area contributed by atoms with Gasteiger partial charge >= 0.3 is 7.12 Å². The molecule has 1 aromatic rings. The van der Waals surface area contributed by atoms with E-state index in [9.17, 15) is 0 Å². The molecule has 0 radical (unpaired) electrons. The highest BCUT2D eigenvalue weighted by Gasteiger charge is 2.47. The zero-order valence-electron chi connectivity index (χ0n) is 11.7. The molecule has 1 aliphatic rings. The van der Waals surface area contributed by atoms with Crippen LogP contribution in [0.3, 0.4) is 0 Å². The van der Waals surface area contributed by atoms with Crippen molar-refractivity contribution in [1.29, 1.82) is 0 Å². The molecule has 5 nitrogen and oxygen atoms in total. The number of hydrogen-bond donors (Lipinski definition) is 1. The van der Waals surface area contributed by atoms with Crippen LogP contribution in [0.1, 0.15) is 27.7 Å². The van der Waals surface area contributed by atoms with Crippen molar-refractivity contribution in [2.24, 2.45) is 5.41 Å². The van der Waals surface area contributed by atoms with Gasteiger partial charge in [-0.15, -0.1) is 0 Å². The molecule has 0 amide bonds. The summed E-state index contributed by atoms with van der Waals surface area (Å²) in [6.45, 7) is 9.11. The lowest BCUT2D eigenvalue weighted by Gasteiger charge is -2.47. The zero-order valence-corrected chi connectivity index (χ0v) is 11.7. The van der Waals surface area contributed by atoms with Gasteiger partial charge in [-0.2, -0.15) is 0 Å². The van der Waals surface area contributed by atoms with Gasteiger partial charge in [0.25, 0.3) is 0 Å². The third kappa shape index (κ3) is 2.35. The van der Waals surface area contributed by atoms with Crippen molar-refractivity contribution in [3.05, 3.63) is 12.4 Å². The van der Waals surface area contributed by atoms with Gasteiger partial charge < -0.3 is 14.6 Å². The van der Waals surface area contributed by atoms with E-state index in [-0.39, 0.29) is 18.1 Å². The van der Waals surface area contributed by atoms with Gasteiger partial charge in [0.2, 0.25) is 5.95 Å². The molecule has 6 heteroatoms. The number of hydrogen-bond acceptors (Lipinski definition) is 5. The number of rotatable bonds is 2.